The highest BCUT2D eigenvalue weighted by Crippen LogP contribution is 2.26. The highest BCUT2D eigenvalue weighted by Gasteiger charge is 2.22. The lowest BCUT2D eigenvalue weighted by Crippen LogP contribution is -3.13. The standard InChI is InChI=1S/C23H24N2O2/c1-17(26)18-6-9-20(10-7-18)25-14-12-24(13-15-25)16-22-21-5-3-2-4-19(21)8-11-23(22)27/h2-11,27H,12-16H2,1H3/p+1. The molecule has 0 bridgehead atoms. The fourth-order valence-corrected chi connectivity index (χ4v) is 3.93. The second-order valence-electron chi connectivity index (χ2n) is 7.30. The van der Waals surface area contributed by atoms with Gasteiger partial charge >= 0.3 is 0 Å². The molecular formula is C23H25N2O2+. The molecule has 138 valence electrons. The molecule has 1 aliphatic heterocycles. The minimum Gasteiger partial charge on any atom is -0.507 e. The minimum atomic E-state index is 0.103. The minimum absolute atomic E-state index is 0.103. The molecule has 4 heteroatoms. The molecule has 2 N–H and O–H groups in total. The Morgan fingerprint density at radius 2 is 1.70 bits per heavy atom. The van der Waals surface area contributed by atoms with Crippen LogP contribution in [0.15, 0.2) is 60.7 Å². The number of fused-ring (bicyclic) bond motifs is 1. The normalized spacial score (nSPS) is 15.2. The van der Waals surface area contributed by atoms with Crippen molar-refractivity contribution in [3.05, 3.63) is 71.8 Å². The molecule has 0 unspecified atom stereocenters. The zero-order chi connectivity index (χ0) is 18.8. The molecule has 1 saturated heterocycles. The molecule has 1 aliphatic rings. The first-order valence-electron chi connectivity index (χ1n) is 9.51. The fourth-order valence-electron chi connectivity index (χ4n) is 3.93. The van der Waals surface area contributed by atoms with Gasteiger partial charge in [-0.05, 0) is 48.0 Å². The highest BCUT2D eigenvalue weighted by atomic mass is 16.3. The van der Waals surface area contributed by atoms with Crippen LogP contribution in [0.25, 0.3) is 10.8 Å². The smallest absolute Gasteiger partial charge is 0.159 e. The van der Waals surface area contributed by atoms with Gasteiger partial charge in [-0.15, -0.1) is 0 Å². The first-order valence-corrected chi connectivity index (χ1v) is 9.51. The van der Waals surface area contributed by atoms with E-state index >= 15 is 0 Å². The van der Waals surface area contributed by atoms with Crippen LogP contribution in [-0.4, -0.2) is 37.1 Å². The van der Waals surface area contributed by atoms with Gasteiger partial charge in [-0.1, -0.05) is 30.3 Å². The Morgan fingerprint density at radius 1 is 1.00 bits per heavy atom. The van der Waals surface area contributed by atoms with Gasteiger partial charge in [0.05, 0.1) is 31.7 Å². The van der Waals surface area contributed by atoms with Crippen LogP contribution in [-0.2, 0) is 6.54 Å². The Labute approximate surface area is 159 Å². The molecule has 27 heavy (non-hydrogen) atoms. The molecular weight excluding hydrogens is 336 g/mol. The molecule has 0 saturated carbocycles. The van der Waals surface area contributed by atoms with Crippen molar-refractivity contribution in [1.29, 1.82) is 0 Å². The number of piperazine rings is 1. The summed E-state index contributed by atoms with van der Waals surface area (Å²) in [6.07, 6.45) is 0. The number of anilines is 1. The third kappa shape index (κ3) is 3.67. The molecule has 0 amide bonds. The van der Waals surface area contributed by atoms with Crippen molar-refractivity contribution >= 4 is 22.2 Å². The lowest BCUT2D eigenvalue weighted by atomic mass is 10.0. The van der Waals surface area contributed by atoms with Crippen LogP contribution in [0.5, 0.6) is 5.75 Å². The van der Waals surface area contributed by atoms with Crippen molar-refractivity contribution in [1.82, 2.24) is 0 Å². The number of carbonyl (C=O) groups excluding carboxylic acids is 1. The first-order chi connectivity index (χ1) is 13.1. The molecule has 0 spiro atoms. The Hall–Kier alpha value is -2.85. The summed E-state index contributed by atoms with van der Waals surface area (Å²) in [6, 6.07) is 19.9. The number of nitrogens with zero attached hydrogens (tertiary/aromatic N) is 1. The number of nitrogens with one attached hydrogen (secondary N) is 1. The number of Topliss-reactive ketones (excluding diaryl/α,β-unsaturated/α-hetero) is 1. The summed E-state index contributed by atoms with van der Waals surface area (Å²) >= 11 is 0. The van der Waals surface area contributed by atoms with Gasteiger partial charge in [0.15, 0.2) is 5.78 Å². The van der Waals surface area contributed by atoms with Crippen molar-refractivity contribution in [2.24, 2.45) is 0 Å². The van der Waals surface area contributed by atoms with E-state index in [4.69, 9.17) is 0 Å². The van der Waals surface area contributed by atoms with Gasteiger partial charge in [-0.25, -0.2) is 0 Å². The van der Waals surface area contributed by atoms with E-state index < -0.39 is 0 Å². The summed E-state index contributed by atoms with van der Waals surface area (Å²) < 4.78 is 0. The van der Waals surface area contributed by atoms with E-state index in [2.05, 4.69) is 17.0 Å². The SMILES string of the molecule is CC(=O)c1ccc(N2CC[NH+](Cc3c(O)ccc4ccccc34)CC2)cc1. The number of ketones is 1. The summed E-state index contributed by atoms with van der Waals surface area (Å²) in [6.45, 7) is 6.43. The van der Waals surface area contributed by atoms with Gasteiger partial charge in [0.25, 0.3) is 0 Å². The highest BCUT2D eigenvalue weighted by molar-refractivity contribution is 5.94. The Morgan fingerprint density at radius 3 is 2.41 bits per heavy atom. The second-order valence-corrected chi connectivity index (χ2v) is 7.30. The number of quaternary nitrogens is 1. The van der Waals surface area contributed by atoms with Crippen LogP contribution in [0.3, 0.4) is 0 Å². The van der Waals surface area contributed by atoms with Crippen LogP contribution in [0.2, 0.25) is 0 Å². The van der Waals surface area contributed by atoms with Crippen LogP contribution >= 0.6 is 0 Å². The number of rotatable bonds is 4. The van der Waals surface area contributed by atoms with Gasteiger partial charge in [0, 0.05) is 11.3 Å². The fraction of sp³-hybridized carbons (Fsp3) is 0.261. The molecule has 0 aromatic heterocycles. The largest absolute Gasteiger partial charge is 0.507 e. The summed E-state index contributed by atoms with van der Waals surface area (Å²) in [5.41, 5.74) is 2.98. The summed E-state index contributed by atoms with van der Waals surface area (Å²) in [5, 5.41) is 12.7. The number of carbonyl (C=O) groups is 1. The van der Waals surface area contributed by atoms with Crippen molar-refractivity contribution < 1.29 is 14.8 Å². The van der Waals surface area contributed by atoms with E-state index in [-0.39, 0.29) is 5.78 Å². The second kappa shape index (κ2) is 7.41. The first kappa shape index (κ1) is 17.6. The van der Waals surface area contributed by atoms with Gasteiger partial charge in [0.1, 0.15) is 12.3 Å². The Balaban J connectivity index is 1.44. The maximum absolute atomic E-state index is 11.4. The van der Waals surface area contributed by atoms with E-state index in [9.17, 15) is 9.90 Å². The van der Waals surface area contributed by atoms with Crippen LogP contribution in [0.1, 0.15) is 22.8 Å². The summed E-state index contributed by atoms with van der Waals surface area (Å²) in [4.78, 5) is 15.3. The van der Waals surface area contributed by atoms with Crippen molar-refractivity contribution in [2.45, 2.75) is 13.5 Å². The predicted octanol–water partition coefficient (Wildman–Crippen LogP) is 2.65. The molecule has 1 heterocycles. The van der Waals surface area contributed by atoms with E-state index in [0.29, 0.717) is 5.75 Å². The number of phenols is 1. The van der Waals surface area contributed by atoms with E-state index in [1.165, 1.54) is 16.0 Å². The van der Waals surface area contributed by atoms with Gasteiger partial charge in [0.2, 0.25) is 0 Å². The lowest BCUT2D eigenvalue weighted by Gasteiger charge is -2.34. The van der Waals surface area contributed by atoms with Crippen molar-refractivity contribution in [3.8, 4) is 5.75 Å². The quantitative estimate of drug-likeness (QED) is 0.703. The lowest BCUT2D eigenvalue weighted by molar-refractivity contribution is -0.914. The number of aromatic hydroxyl groups is 1. The van der Waals surface area contributed by atoms with Gasteiger partial charge in [-0.2, -0.15) is 0 Å². The predicted molar refractivity (Wildman–Crippen MR) is 109 cm³/mol. The molecule has 0 aliphatic carbocycles. The molecule has 4 rings (SSSR count). The van der Waals surface area contributed by atoms with Crippen LogP contribution < -0.4 is 9.80 Å². The maximum Gasteiger partial charge on any atom is 0.159 e. The Bertz CT molecular complexity index is 958. The molecule has 3 aromatic carbocycles. The third-order valence-electron chi connectivity index (χ3n) is 5.55. The topological polar surface area (TPSA) is 45.0 Å². The van der Waals surface area contributed by atoms with E-state index in [1.54, 1.807) is 6.92 Å². The molecule has 0 atom stereocenters. The van der Waals surface area contributed by atoms with E-state index in [1.807, 2.05) is 48.5 Å². The average Bonchev–Trinajstić information content (AvgIpc) is 2.71. The number of phenolic OH excluding ortho intramolecular Hbond substituents is 1. The molecule has 0 radical (unpaired) electrons. The Kier molecular flexibility index (Phi) is 4.82. The molecule has 1 fully saturated rings. The average molecular weight is 361 g/mol. The molecule has 3 aromatic rings. The van der Waals surface area contributed by atoms with E-state index in [0.717, 1.165) is 49.2 Å². The zero-order valence-electron chi connectivity index (χ0n) is 15.6. The van der Waals surface area contributed by atoms with Gasteiger partial charge in [-0.3, -0.25) is 4.79 Å². The van der Waals surface area contributed by atoms with Crippen LogP contribution in [0.4, 0.5) is 5.69 Å². The van der Waals surface area contributed by atoms with Crippen molar-refractivity contribution in [3.63, 3.8) is 0 Å². The van der Waals surface area contributed by atoms with Crippen molar-refractivity contribution in [2.75, 3.05) is 31.1 Å². The zero-order valence-corrected chi connectivity index (χ0v) is 15.6. The third-order valence-corrected chi connectivity index (χ3v) is 5.55. The summed E-state index contributed by atoms with van der Waals surface area (Å²) in [7, 11) is 0. The van der Waals surface area contributed by atoms with Crippen LogP contribution in [0, 0.1) is 0 Å². The monoisotopic (exact) mass is 361 g/mol. The number of benzene rings is 3. The number of hydrogen-bond donors (Lipinski definition) is 2. The van der Waals surface area contributed by atoms with Gasteiger partial charge < -0.3 is 14.9 Å². The summed E-state index contributed by atoms with van der Waals surface area (Å²) in [5.74, 6) is 0.495. The maximum atomic E-state index is 11.4. The molecule has 4 nitrogen and oxygen atoms in total. The number of hydrogen-bond acceptors (Lipinski definition) is 3.